The van der Waals surface area contributed by atoms with E-state index in [1.165, 1.54) is 19.9 Å². The Balaban J connectivity index is 1.51. The van der Waals surface area contributed by atoms with Gasteiger partial charge in [-0.1, -0.05) is 0 Å². The second-order valence-electron chi connectivity index (χ2n) is 7.08. The first-order chi connectivity index (χ1) is 13.3. The lowest BCUT2D eigenvalue weighted by Gasteiger charge is -2.40. The lowest BCUT2D eigenvalue weighted by Crippen LogP contribution is -2.57. The highest BCUT2D eigenvalue weighted by Crippen LogP contribution is 2.22. The minimum atomic E-state index is -3.53. The molecule has 0 aliphatic carbocycles. The van der Waals surface area contributed by atoms with Gasteiger partial charge in [-0.05, 0) is 25.3 Å². The summed E-state index contributed by atoms with van der Waals surface area (Å²) in [6.45, 7) is 6.29. The molecule has 11 heteroatoms. The number of hydrogen-bond acceptors (Lipinski definition) is 7. The van der Waals surface area contributed by atoms with Gasteiger partial charge < -0.3 is 10.1 Å². The first-order valence-corrected chi connectivity index (χ1v) is 11.5. The number of piperazine rings is 1. The van der Waals surface area contributed by atoms with Crippen LogP contribution >= 0.6 is 11.3 Å². The van der Waals surface area contributed by atoms with E-state index in [0.29, 0.717) is 49.8 Å². The molecule has 0 spiro atoms. The van der Waals surface area contributed by atoms with Gasteiger partial charge >= 0.3 is 0 Å². The number of morpholine rings is 1. The SMILES string of the molecule is CC1CN(S(=O)(=O)N2CCN(CC(=O)Nc3sccc3C#N)CC2)CC(C)O1. The number of nitriles is 1. The lowest BCUT2D eigenvalue weighted by atomic mass is 10.3. The summed E-state index contributed by atoms with van der Waals surface area (Å²) in [7, 11) is -3.53. The van der Waals surface area contributed by atoms with Crippen molar-refractivity contribution in [2.75, 3.05) is 51.1 Å². The number of anilines is 1. The first-order valence-electron chi connectivity index (χ1n) is 9.20. The third-order valence-corrected chi connectivity index (χ3v) is 7.57. The van der Waals surface area contributed by atoms with Crippen molar-refractivity contribution in [1.82, 2.24) is 13.5 Å². The predicted octanol–water partition coefficient (Wildman–Crippen LogP) is 0.530. The smallest absolute Gasteiger partial charge is 0.282 e. The van der Waals surface area contributed by atoms with E-state index < -0.39 is 10.2 Å². The number of nitrogens with zero attached hydrogens (tertiary/aromatic N) is 4. The van der Waals surface area contributed by atoms with Crippen LogP contribution in [0, 0.1) is 11.3 Å². The van der Waals surface area contributed by atoms with Gasteiger partial charge in [-0.3, -0.25) is 9.69 Å². The largest absolute Gasteiger partial charge is 0.373 e. The molecule has 9 nitrogen and oxygen atoms in total. The average molecular weight is 428 g/mol. The maximum atomic E-state index is 12.9. The van der Waals surface area contributed by atoms with Crippen LogP contribution in [0.1, 0.15) is 19.4 Å². The Bertz CT molecular complexity index is 832. The van der Waals surface area contributed by atoms with Crippen LogP contribution in [0.4, 0.5) is 5.00 Å². The number of carbonyl (C=O) groups is 1. The van der Waals surface area contributed by atoms with E-state index in [-0.39, 0.29) is 24.7 Å². The van der Waals surface area contributed by atoms with Gasteiger partial charge in [-0.2, -0.15) is 22.3 Å². The maximum absolute atomic E-state index is 12.9. The Morgan fingerprint density at radius 3 is 2.50 bits per heavy atom. The van der Waals surface area contributed by atoms with Crippen LogP contribution in [0.5, 0.6) is 0 Å². The summed E-state index contributed by atoms with van der Waals surface area (Å²) in [4.78, 5) is 14.2. The fourth-order valence-electron chi connectivity index (χ4n) is 3.46. The van der Waals surface area contributed by atoms with Gasteiger partial charge in [0, 0.05) is 39.3 Å². The molecule has 154 valence electrons. The van der Waals surface area contributed by atoms with E-state index >= 15 is 0 Å². The second kappa shape index (κ2) is 8.86. The molecule has 1 N–H and O–H groups in total. The van der Waals surface area contributed by atoms with Crippen molar-refractivity contribution in [3.8, 4) is 6.07 Å². The fourth-order valence-corrected chi connectivity index (χ4v) is 5.97. The standard InChI is InChI=1S/C17H25N5O4S2/c1-13-10-22(11-14(2)26-13)28(24,25)21-6-4-20(5-7-21)12-16(23)19-17-15(9-18)3-8-27-17/h3,8,13-14H,4-7,10-12H2,1-2H3,(H,19,23). The molecule has 0 radical (unpaired) electrons. The van der Waals surface area contributed by atoms with Crippen molar-refractivity contribution in [1.29, 1.82) is 5.26 Å². The molecule has 2 aliphatic rings. The van der Waals surface area contributed by atoms with Crippen LogP contribution in [0.2, 0.25) is 0 Å². The molecule has 0 aromatic carbocycles. The molecule has 3 rings (SSSR count). The molecule has 28 heavy (non-hydrogen) atoms. The fraction of sp³-hybridized carbons (Fsp3) is 0.647. The highest BCUT2D eigenvalue weighted by Gasteiger charge is 2.36. The van der Waals surface area contributed by atoms with Crippen LogP contribution in [0.15, 0.2) is 11.4 Å². The van der Waals surface area contributed by atoms with Crippen LogP contribution < -0.4 is 5.32 Å². The molecule has 2 fully saturated rings. The Morgan fingerprint density at radius 2 is 1.89 bits per heavy atom. The number of hydrogen-bond donors (Lipinski definition) is 1. The summed E-state index contributed by atoms with van der Waals surface area (Å²) < 4.78 is 34.4. The molecule has 2 saturated heterocycles. The second-order valence-corrected chi connectivity index (χ2v) is 9.93. The molecule has 2 atom stereocenters. The molecule has 2 unspecified atom stereocenters. The predicted molar refractivity (Wildman–Crippen MR) is 106 cm³/mol. The Morgan fingerprint density at radius 1 is 1.25 bits per heavy atom. The molecule has 1 aromatic rings. The highest BCUT2D eigenvalue weighted by atomic mass is 32.2. The first kappa shape index (κ1) is 21.2. The van der Waals surface area contributed by atoms with Gasteiger partial charge in [-0.25, -0.2) is 0 Å². The topological polar surface area (TPSA) is 106 Å². The van der Waals surface area contributed by atoms with E-state index in [2.05, 4.69) is 5.32 Å². The number of amides is 1. The van der Waals surface area contributed by atoms with Crippen molar-refractivity contribution in [2.24, 2.45) is 0 Å². The van der Waals surface area contributed by atoms with Crippen LogP contribution in [-0.4, -0.2) is 85.9 Å². The van der Waals surface area contributed by atoms with E-state index in [0.717, 1.165) is 0 Å². The Labute approximate surface area is 169 Å². The van der Waals surface area contributed by atoms with Crippen molar-refractivity contribution < 1.29 is 17.9 Å². The third-order valence-electron chi connectivity index (χ3n) is 4.78. The number of rotatable bonds is 5. The lowest BCUT2D eigenvalue weighted by molar-refractivity contribution is -0.117. The van der Waals surface area contributed by atoms with Crippen LogP contribution in [0.25, 0.3) is 0 Å². The van der Waals surface area contributed by atoms with Gasteiger partial charge in [0.1, 0.15) is 11.1 Å². The summed E-state index contributed by atoms with van der Waals surface area (Å²) in [6, 6.07) is 3.70. The van der Waals surface area contributed by atoms with Crippen molar-refractivity contribution in [3.63, 3.8) is 0 Å². The van der Waals surface area contributed by atoms with Gasteiger partial charge in [0.15, 0.2) is 0 Å². The highest BCUT2D eigenvalue weighted by molar-refractivity contribution is 7.86. The van der Waals surface area contributed by atoms with Crippen LogP contribution in [-0.2, 0) is 19.7 Å². The molecule has 0 saturated carbocycles. The Hall–Kier alpha value is -1.55. The van der Waals surface area contributed by atoms with Gasteiger partial charge in [0.25, 0.3) is 10.2 Å². The summed E-state index contributed by atoms with van der Waals surface area (Å²) in [6.07, 6.45) is -0.252. The van der Waals surface area contributed by atoms with Crippen molar-refractivity contribution in [3.05, 3.63) is 17.0 Å². The van der Waals surface area contributed by atoms with Crippen LogP contribution in [0.3, 0.4) is 0 Å². The summed E-state index contributed by atoms with van der Waals surface area (Å²) >= 11 is 1.31. The number of thiophene rings is 1. The molecule has 3 heterocycles. The Kier molecular flexibility index (Phi) is 6.69. The van der Waals surface area contributed by atoms with E-state index in [9.17, 15) is 13.2 Å². The van der Waals surface area contributed by atoms with Gasteiger partial charge in [-0.15, -0.1) is 11.3 Å². The number of carbonyl (C=O) groups excluding carboxylic acids is 1. The average Bonchev–Trinajstić information content (AvgIpc) is 3.08. The summed E-state index contributed by atoms with van der Waals surface area (Å²) in [5.41, 5.74) is 0.447. The normalized spacial score (nSPS) is 25.3. The van der Waals surface area contributed by atoms with Gasteiger partial charge in [0.2, 0.25) is 5.91 Å². The molecule has 0 bridgehead atoms. The summed E-state index contributed by atoms with van der Waals surface area (Å²) in [5.74, 6) is -0.203. The molecular weight excluding hydrogens is 402 g/mol. The minimum Gasteiger partial charge on any atom is -0.373 e. The minimum absolute atomic E-state index is 0.126. The van der Waals surface area contributed by atoms with Crippen molar-refractivity contribution >= 4 is 32.5 Å². The van der Waals surface area contributed by atoms with E-state index in [4.69, 9.17) is 10.00 Å². The number of nitrogens with one attached hydrogen (secondary N) is 1. The monoisotopic (exact) mass is 427 g/mol. The zero-order valence-corrected chi connectivity index (χ0v) is 17.6. The molecule has 2 aliphatic heterocycles. The zero-order valence-electron chi connectivity index (χ0n) is 16.0. The van der Waals surface area contributed by atoms with E-state index in [1.807, 2.05) is 24.8 Å². The zero-order chi connectivity index (χ0) is 20.3. The molecule has 1 amide bonds. The molecular formula is C17H25N5O4S2. The summed E-state index contributed by atoms with van der Waals surface area (Å²) in [5, 5.41) is 14.1. The van der Waals surface area contributed by atoms with E-state index in [1.54, 1.807) is 11.4 Å². The maximum Gasteiger partial charge on any atom is 0.282 e. The molecule has 1 aromatic heterocycles. The quantitative estimate of drug-likeness (QED) is 0.735. The van der Waals surface area contributed by atoms with Crippen molar-refractivity contribution in [2.45, 2.75) is 26.1 Å². The van der Waals surface area contributed by atoms with Gasteiger partial charge in [0.05, 0.1) is 24.3 Å². The third kappa shape index (κ3) is 4.89. The number of ether oxygens (including phenoxy) is 1.